The third-order valence-electron chi connectivity index (χ3n) is 3.46. The Bertz CT molecular complexity index is 735. The quantitative estimate of drug-likeness (QED) is 0.329. The lowest BCUT2D eigenvalue weighted by molar-refractivity contribution is 0.551. The predicted molar refractivity (Wildman–Crippen MR) is 112 cm³/mol. The number of fused-ring (bicyclic) bond motifs is 1. The van der Waals surface area contributed by atoms with E-state index in [4.69, 9.17) is 4.42 Å². The van der Waals surface area contributed by atoms with Crippen LogP contribution in [-0.2, 0) is 13.0 Å². The summed E-state index contributed by atoms with van der Waals surface area (Å²) in [5.41, 5.74) is 0.911. The number of hydrogen-bond acceptors (Lipinski definition) is 3. The fourth-order valence-electron chi connectivity index (χ4n) is 2.37. The molecule has 0 aliphatic rings. The summed E-state index contributed by atoms with van der Waals surface area (Å²) >= 11 is 1.79. The maximum Gasteiger partial charge on any atom is 0.191 e. The van der Waals surface area contributed by atoms with Gasteiger partial charge >= 0.3 is 0 Å². The molecule has 0 fully saturated rings. The van der Waals surface area contributed by atoms with Gasteiger partial charge in [0.15, 0.2) is 5.96 Å². The number of para-hydroxylation sites is 1. The van der Waals surface area contributed by atoms with E-state index in [1.165, 1.54) is 4.88 Å². The molecule has 2 heterocycles. The molecule has 0 bridgehead atoms. The molecule has 4 nitrogen and oxygen atoms in total. The molecule has 24 heavy (non-hydrogen) atoms. The predicted octanol–water partition coefficient (Wildman–Crippen LogP) is 4.41. The van der Waals surface area contributed by atoms with Crippen LogP contribution in [0.1, 0.15) is 17.6 Å². The van der Waals surface area contributed by atoms with E-state index in [0.29, 0.717) is 6.54 Å². The molecule has 2 aromatic heterocycles. The van der Waals surface area contributed by atoms with E-state index in [-0.39, 0.29) is 24.0 Å². The van der Waals surface area contributed by atoms with Crippen molar-refractivity contribution in [3.8, 4) is 0 Å². The molecule has 1 aromatic carbocycles. The monoisotopic (exact) mass is 455 g/mol. The first-order valence-electron chi connectivity index (χ1n) is 7.87. The molecular weight excluding hydrogens is 433 g/mol. The van der Waals surface area contributed by atoms with Crippen LogP contribution in [0.3, 0.4) is 0 Å². The zero-order valence-corrected chi connectivity index (χ0v) is 16.8. The maximum absolute atomic E-state index is 5.80. The van der Waals surface area contributed by atoms with Crippen LogP contribution in [0.4, 0.5) is 0 Å². The third kappa shape index (κ3) is 5.24. The smallest absolute Gasteiger partial charge is 0.191 e. The molecule has 3 rings (SSSR count). The molecule has 2 N–H and O–H groups in total. The van der Waals surface area contributed by atoms with E-state index in [1.54, 1.807) is 11.3 Å². The van der Waals surface area contributed by atoms with Crippen molar-refractivity contribution in [3.05, 3.63) is 58.5 Å². The number of aliphatic imine (C=N–C) groups is 1. The van der Waals surface area contributed by atoms with E-state index < -0.39 is 0 Å². The first kappa shape index (κ1) is 18.8. The number of furan rings is 1. The fraction of sp³-hybridized carbons (Fsp3) is 0.278. The Kier molecular flexibility index (Phi) is 7.58. The molecular formula is C18H22IN3OS. The van der Waals surface area contributed by atoms with Crippen molar-refractivity contribution in [1.29, 1.82) is 0 Å². The van der Waals surface area contributed by atoms with Gasteiger partial charge in [-0.2, -0.15) is 0 Å². The fourth-order valence-corrected chi connectivity index (χ4v) is 3.08. The molecule has 0 radical (unpaired) electrons. The Morgan fingerprint density at radius 3 is 2.79 bits per heavy atom. The van der Waals surface area contributed by atoms with Gasteiger partial charge in [0.1, 0.15) is 17.9 Å². The van der Waals surface area contributed by atoms with E-state index in [0.717, 1.165) is 42.2 Å². The number of halogens is 1. The maximum atomic E-state index is 5.80. The van der Waals surface area contributed by atoms with Crippen molar-refractivity contribution >= 4 is 52.2 Å². The number of nitrogens with zero attached hydrogens (tertiary/aromatic N) is 1. The Labute approximate surface area is 163 Å². The summed E-state index contributed by atoms with van der Waals surface area (Å²) in [6.45, 7) is 4.30. The molecule has 0 amide bonds. The van der Waals surface area contributed by atoms with E-state index >= 15 is 0 Å². The normalized spacial score (nSPS) is 11.3. The molecule has 0 spiro atoms. The Morgan fingerprint density at radius 2 is 2.04 bits per heavy atom. The number of hydrogen-bond donors (Lipinski definition) is 2. The first-order chi connectivity index (χ1) is 11.3. The van der Waals surface area contributed by atoms with Crippen molar-refractivity contribution in [2.45, 2.75) is 19.9 Å². The minimum atomic E-state index is 0. The van der Waals surface area contributed by atoms with Crippen LogP contribution in [0.2, 0.25) is 0 Å². The summed E-state index contributed by atoms with van der Waals surface area (Å²) in [5, 5.41) is 9.86. The number of thiophene rings is 1. The summed E-state index contributed by atoms with van der Waals surface area (Å²) in [7, 11) is 0. The van der Waals surface area contributed by atoms with Crippen LogP contribution in [0.25, 0.3) is 11.0 Å². The van der Waals surface area contributed by atoms with Crippen LogP contribution in [0.15, 0.2) is 57.3 Å². The number of rotatable bonds is 6. The Hall–Kier alpha value is -1.54. The van der Waals surface area contributed by atoms with Crippen LogP contribution in [0, 0.1) is 0 Å². The molecule has 0 aliphatic carbocycles. The van der Waals surface area contributed by atoms with Gasteiger partial charge in [0.05, 0.1) is 0 Å². The van der Waals surface area contributed by atoms with Crippen molar-refractivity contribution in [1.82, 2.24) is 10.6 Å². The Balaban J connectivity index is 0.00000208. The largest absolute Gasteiger partial charge is 0.459 e. The molecule has 0 aliphatic heterocycles. The zero-order chi connectivity index (χ0) is 15.9. The second kappa shape index (κ2) is 9.68. The van der Waals surface area contributed by atoms with Crippen molar-refractivity contribution < 1.29 is 4.42 Å². The lowest BCUT2D eigenvalue weighted by Crippen LogP contribution is -2.38. The van der Waals surface area contributed by atoms with E-state index in [1.807, 2.05) is 24.3 Å². The minimum absolute atomic E-state index is 0. The molecule has 0 atom stereocenters. The summed E-state index contributed by atoms with van der Waals surface area (Å²) in [6.07, 6.45) is 1.01. The summed E-state index contributed by atoms with van der Waals surface area (Å²) in [4.78, 5) is 5.98. The summed E-state index contributed by atoms with van der Waals surface area (Å²) in [6, 6.07) is 14.3. The van der Waals surface area contributed by atoms with Gasteiger partial charge in [-0.25, -0.2) is 4.99 Å². The van der Waals surface area contributed by atoms with Crippen molar-refractivity contribution in [2.75, 3.05) is 13.1 Å². The Morgan fingerprint density at radius 1 is 1.17 bits per heavy atom. The second-order valence-corrected chi connectivity index (χ2v) is 6.23. The lowest BCUT2D eigenvalue weighted by Gasteiger charge is -2.10. The van der Waals surface area contributed by atoms with Gasteiger partial charge in [-0.05, 0) is 36.9 Å². The number of benzene rings is 1. The third-order valence-corrected chi connectivity index (χ3v) is 4.39. The number of guanidine groups is 1. The average Bonchev–Trinajstić information content (AvgIpc) is 3.21. The minimum Gasteiger partial charge on any atom is -0.459 e. The van der Waals surface area contributed by atoms with Gasteiger partial charge < -0.3 is 15.1 Å². The van der Waals surface area contributed by atoms with Crippen LogP contribution < -0.4 is 10.6 Å². The molecule has 3 aromatic rings. The molecule has 128 valence electrons. The molecule has 0 unspecified atom stereocenters. The first-order valence-corrected chi connectivity index (χ1v) is 8.75. The highest BCUT2D eigenvalue weighted by Crippen LogP contribution is 2.19. The van der Waals surface area contributed by atoms with Gasteiger partial charge in [0, 0.05) is 23.4 Å². The zero-order valence-electron chi connectivity index (χ0n) is 13.6. The second-order valence-electron chi connectivity index (χ2n) is 5.20. The van der Waals surface area contributed by atoms with Gasteiger partial charge in [-0.15, -0.1) is 35.3 Å². The van der Waals surface area contributed by atoms with Gasteiger partial charge in [-0.3, -0.25) is 0 Å². The highest BCUT2D eigenvalue weighted by Gasteiger charge is 2.03. The van der Waals surface area contributed by atoms with Crippen LogP contribution in [0.5, 0.6) is 0 Å². The highest BCUT2D eigenvalue weighted by atomic mass is 127. The average molecular weight is 455 g/mol. The van der Waals surface area contributed by atoms with Crippen molar-refractivity contribution in [2.24, 2.45) is 4.99 Å². The molecule has 0 saturated carbocycles. The number of nitrogens with one attached hydrogen (secondary N) is 2. The molecule has 6 heteroatoms. The molecule has 0 saturated heterocycles. The lowest BCUT2D eigenvalue weighted by atomic mass is 10.2. The summed E-state index contributed by atoms with van der Waals surface area (Å²) in [5.74, 6) is 1.70. The van der Waals surface area contributed by atoms with Gasteiger partial charge in [0.2, 0.25) is 0 Å². The van der Waals surface area contributed by atoms with Gasteiger partial charge in [0.25, 0.3) is 0 Å². The van der Waals surface area contributed by atoms with Gasteiger partial charge in [-0.1, -0.05) is 24.3 Å². The van der Waals surface area contributed by atoms with Crippen LogP contribution >= 0.6 is 35.3 Å². The highest BCUT2D eigenvalue weighted by molar-refractivity contribution is 14.0. The van der Waals surface area contributed by atoms with Crippen molar-refractivity contribution in [3.63, 3.8) is 0 Å². The SMILES string of the molecule is CCNC(=NCc1cc2ccccc2o1)NCCc1cccs1.I. The summed E-state index contributed by atoms with van der Waals surface area (Å²) < 4.78 is 5.80. The van der Waals surface area contributed by atoms with E-state index in [2.05, 4.69) is 46.1 Å². The topological polar surface area (TPSA) is 49.6 Å². The van der Waals surface area contributed by atoms with Crippen LogP contribution in [-0.4, -0.2) is 19.0 Å². The van der Waals surface area contributed by atoms with E-state index in [9.17, 15) is 0 Å². The standard InChI is InChI=1S/C18H21N3OS.HI/c1-2-19-18(20-10-9-16-7-5-11-23-16)21-13-15-12-14-6-3-4-8-17(14)22-15;/h3-8,11-12H,2,9-10,13H2,1H3,(H2,19,20,21);1H.